The van der Waals surface area contributed by atoms with Crippen molar-refractivity contribution in [1.82, 2.24) is 9.97 Å². The summed E-state index contributed by atoms with van der Waals surface area (Å²) in [4.78, 5) is 32.1. The number of hydrogen-bond donors (Lipinski definition) is 1. The van der Waals surface area contributed by atoms with Crippen LogP contribution in [0.4, 0.5) is 5.82 Å². The second kappa shape index (κ2) is 7.22. The molecule has 3 rings (SSSR count). The van der Waals surface area contributed by atoms with Gasteiger partial charge in [0, 0.05) is 32.4 Å². The average Bonchev–Trinajstić information content (AvgIpc) is 2.60. The summed E-state index contributed by atoms with van der Waals surface area (Å²) in [6, 6.07) is 9.55. The number of carbonyl (C=O) groups is 2. The molecule has 0 radical (unpaired) electrons. The van der Waals surface area contributed by atoms with E-state index in [9.17, 15) is 9.59 Å². The highest BCUT2D eigenvalue weighted by molar-refractivity contribution is 6.15. The molecule has 26 heavy (non-hydrogen) atoms. The molecule has 1 aliphatic rings. The fraction of sp³-hybridized carbons (Fsp3) is 0.222. The maximum atomic E-state index is 11.9. The second-order valence-corrected chi connectivity index (χ2v) is 5.87. The number of nitrogens with one attached hydrogen (secondary N) is 1. The topological polar surface area (TPSA) is 99.6 Å². The molecular formula is C18H17N3O5. The molecule has 1 aromatic heterocycles. The molecule has 0 aliphatic carbocycles. The Morgan fingerprint density at radius 1 is 1.08 bits per heavy atom. The normalized spacial score (nSPS) is 15.7. The Morgan fingerprint density at radius 2 is 1.73 bits per heavy atom. The minimum atomic E-state index is -1.29. The lowest BCUT2D eigenvalue weighted by Gasteiger charge is -2.29. The van der Waals surface area contributed by atoms with Gasteiger partial charge < -0.3 is 19.5 Å². The number of hydrogen-bond acceptors (Lipinski definition) is 8. The number of esters is 2. The highest BCUT2D eigenvalue weighted by Crippen LogP contribution is 2.24. The van der Waals surface area contributed by atoms with E-state index >= 15 is 0 Å². The molecule has 1 saturated heterocycles. The van der Waals surface area contributed by atoms with E-state index in [1.165, 1.54) is 32.4 Å². The van der Waals surface area contributed by atoms with Crippen LogP contribution in [0.5, 0.6) is 5.88 Å². The molecular weight excluding hydrogens is 338 g/mol. The molecule has 1 aliphatic heterocycles. The summed E-state index contributed by atoms with van der Waals surface area (Å²) in [7, 11) is 0. The molecule has 8 heteroatoms. The highest BCUT2D eigenvalue weighted by Gasteiger charge is 2.39. The van der Waals surface area contributed by atoms with E-state index in [-0.39, 0.29) is 17.3 Å². The van der Waals surface area contributed by atoms with Crippen LogP contribution in [0.2, 0.25) is 0 Å². The zero-order valence-corrected chi connectivity index (χ0v) is 14.3. The van der Waals surface area contributed by atoms with Crippen molar-refractivity contribution in [3.63, 3.8) is 0 Å². The Bertz CT molecular complexity index is 827. The Hall–Kier alpha value is -3.42. The van der Waals surface area contributed by atoms with Gasteiger partial charge in [-0.2, -0.15) is 0 Å². The first-order valence-electron chi connectivity index (χ1n) is 7.86. The van der Waals surface area contributed by atoms with Gasteiger partial charge in [-0.1, -0.05) is 30.3 Å². The molecule has 1 fully saturated rings. The number of aromatic nitrogens is 2. The van der Waals surface area contributed by atoms with Crippen molar-refractivity contribution in [2.75, 3.05) is 5.32 Å². The lowest BCUT2D eigenvalue weighted by molar-refractivity contribution is -0.222. The van der Waals surface area contributed by atoms with E-state index in [1.807, 2.05) is 30.3 Å². The molecule has 1 N–H and O–H groups in total. The summed E-state index contributed by atoms with van der Waals surface area (Å²) < 4.78 is 15.7. The Labute approximate surface area is 149 Å². The number of carbonyl (C=O) groups excluding carboxylic acids is 2. The molecule has 0 saturated carbocycles. The van der Waals surface area contributed by atoms with Gasteiger partial charge in [-0.3, -0.25) is 0 Å². The van der Waals surface area contributed by atoms with Crippen LogP contribution < -0.4 is 10.1 Å². The zero-order valence-electron chi connectivity index (χ0n) is 14.3. The molecule has 0 bridgehead atoms. The summed E-state index contributed by atoms with van der Waals surface area (Å²) in [5.41, 5.74) is 0.688. The number of cyclic esters (lactones) is 2. The first-order chi connectivity index (χ1) is 12.4. The molecule has 0 spiro atoms. The lowest BCUT2D eigenvalue weighted by atomic mass is 10.2. The van der Waals surface area contributed by atoms with Crippen molar-refractivity contribution in [2.45, 2.75) is 26.2 Å². The van der Waals surface area contributed by atoms with Crippen LogP contribution in [0, 0.1) is 0 Å². The largest absolute Gasteiger partial charge is 0.470 e. The van der Waals surface area contributed by atoms with Gasteiger partial charge in [0.15, 0.2) is 11.4 Å². The summed E-state index contributed by atoms with van der Waals surface area (Å²) >= 11 is 0. The van der Waals surface area contributed by atoms with Crippen LogP contribution in [0.1, 0.15) is 19.4 Å². The van der Waals surface area contributed by atoms with E-state index < -0.39 is 17.7 Å². The predicted molar refractivity (Wildman–Crippen MR) is 90.8 cm³/mol. The summed E-state index contributed by atoms with van der Waals surface area (Å²) in [5, 5.41) is 2.75. The molecule has 0 amide bonds. The smallest absolute Gasteiger partial charge is 0.350 e. The third-order valence-corrected chi connectivity index (χ3v) is 3.35. The van der Waals surface area contributed by atoms with Crippen LogP contribution in [0.3, 0.4) is 0 Å². The van der Waals surface area contributed by atoms with Crippen molar-refractivity contribution < 1.29 is 23.8 Å². The van der Waals surface area contributed by atoms with Gasteiger partial charge in [0.25, 0.3) is 11.7 Å². The summed E-state index contributed by atoms with van der Waals surface area (Å²) in [6.07, 6.45) is 4.10. The summed E-state index contributed by atoms with van der Waals surface area (Å²) in [5.74, 6) is -2.38. The lowest BCUT2D eigenvalue weighted by Crippen LogP contribution is -2.42. The molecule has 0 unspecified atom stereocenters. The van der Waals surface area contributed by atoms with Crippen LogP contribution >= 0.6 is 0 Å². The first-order valence-corrected chi connectivity index (χ1v) is 7.86. The molecule has 134 valence electrons. The van der Waals surface area contributed by atoms with E-state index in [0.717, 1.165) is 5.56 Å². The predicted octanol–water partition coefficient (Wildman–Crippen LogP) is 2.19. The molecule has 8 nitrogen and oxygen atoms in total. The van der Waals surface area contributed by atoms with Crippen LogP contribution in [0.15, 0.2) is 54.5 Å². The minimum Gasteiger partial charge on any atom is -0.470 e. The van der Waals surface area contributed by atoms with E-state index in [4.69, 9.17) is 14.2 Å². The standard InChI is InChI=1S/C18H17N3O5/c1-18(2)25-16(22)13(17(23)26-18)10-21-14-15(20-9-8-19-14)24-11-12-6-4-3-5-7-12/h3-10H,11H2,1-2H3,(H,19,21). The number of ether oxygens (including phenoxy) is 3. The van der Waals surface area contributed by atoms with Gasteiger partial charge in [0.1, 0.15) is 6.61 Å². The Balaban J connectivity index is 1.72. The van der Waals surface area contributed by atoms with Gasteiger partial charge in [-0.05, 0) is 5.56 Å². The zero-order chi connectivity index (χ0) is 18.6. The van der Waals surface area contributed by atoms with Gasteiger partial charge in [0.05, 0.1) is 0 Å². The molecule has 0 atom stereocenters. The number of rotatable bonds is 5. The van der Waals surface area contributed by atoms with Crippen molar-refractivity contribution in [3.05, 3.63) is 60.1 Å². The Kier molecular flexibility index (Phi) is 4.83. The second-order valence-electron chi connectivity index (χ2n) is 5.87. The quantitative estimate of drug-likeness (QED) is 0.495. The van der Waals surface area contributed by atoms with Crippen molar-refractivity contribution in [3.8, 4) is 5.88 Å². The van der Waals surface area contributed by atoms with Crippen molar-refractivity contribution >= 4 is 17.8 Å². The van der Waals surface area contributed by atoms with Crippen molar-refractivity contribution in [1.29, 1.82) is 0 Å². The minimum absolute atomic E-state index is 0.228. The van der Waals surface area contributed by atoms with Gasteiger partial charge in [-0.15, -0.1) is 0 Å². The average molecular weight is 355 g/mol. The van der Waals surface area contributed by atoms with Crippen molar-refractivity contribution in [2.24, 2.45) is 0 Å². The maximum absolute atomic E-state index is 11.9. The third kappa shape index (κ3) is 4.15. The van der Waals surface area contributed by atoms with Gasteiger partial charge >= 0.3 is 11.9 Å². The van der Waals surface area contributed by atoms with E-state index in [1.54, 1.807) is 0 Å². The van der Waals surface area contributed by atoms with Crippen LogP contribution in [-0.2, 0) is 25.7 Å². The maximum Gasteiger partial charge on any atom is 0.350 e. The fourth-order valence-electron chi connectivity index (χ4n) is 2.17. The van der Waals surface area contributed by atoms with E-state index in [0.29, 0.717) is 6.61 Å². The van der Waals surface area contributed by atoms with E-state index in [2.05, 4.69) is 15.3 Å². The molecule has 1 aromatic carbocycles. The molecule has 2 heterocycles. The Morgan fingerprint density at radius 3 is 2.42 bits per heavy atom. The first kappa shape index (κ1) is 17.4. The van der Waals surface area contributed by atoms with Crippen LogP contribution in [-0.4, -0.2) is 27.7 Å². The monoisotopic (exact) mass is 355 g/mol. The molecule has 2 aromatic rings. The number of nitrogens with zero attached hydrogens (tertiary/aromatic N) is 2. The third-order valence-electron chi connectivity index (χ3n) is 3.35. The fourth-order valence-corrected chi connectivity index (χ4v) is 2.17. The number of benzene rings is 1. The van der Waals surface area contributed by atoms with Gasteiger partial charge in [0.2, 0.25) is 0 Å². The summed E-state index contributed by atoms with van der Waals surface area (Å²) in [6.45, 7) is 3.25. The number of anilines is 1. The van der Waals surface area contributed by atoms with Gasteiger partial charge in [-0.25, -0.2) is 19.6 Å². The van der Waals surface area contributed by atoms with Crippen LogP contribution in [0.25, 0.3) is 0 Å². The SMILES string of the molecule is CC1(C)OC(=O)C(=CNc2nccnc2OCc2ccccc2)C(=O)O1. The highest BCUT2D eigenvalue weighted by atomic mass is 16.7.